The fraction of sp³-hybridized carbons (Fsp3) is 0.500. The maximum absolute atomic E-state index is 12.1. The number of halogens is 1. The number of rotatable bonds is 5. The van der Waals surface area contributed by atoms with Crippen molar-refractivity contribution in [3.8, 4) is 0 Å². The molecule has 0 spiro atoms. The molecule has 5 heteroatoms. The van der Waals surface area contributed by atoms with Crippen LogP contribution in [0.25, 0.3) is 0 Å². The lowest BCUT2D eigenvalue weighted by Gasteiger charge is -2.28. The molecule has 0 radical (unpaired) electrons. The minimum Gasteiger partial charge on any atom is -0.398 e. The van der Waals surface area contributed by atoms with E-state index in [1.54, 1.807) is 18.2 Å². The molecule has 1 amide bonds. The van der Waals surface area contributed by atoms with Crippen LogP contribution in [0.15, 0.2) is 18.2 Å². The van der Waals surface area contributed by atoms with Gasteiger partial charge in [-0.2, -0.15) is 0 Å². The summed E-state index contributed by atoms with van der Waals surface area (Å²) in [6.45, 7) is 4.85. The zero-order valence-electron chi connectivity index (χ0n) is 11.9. The van der Waals surface area contributed by atoms with E-state index in [0.29, 0.717) is 28.7 Å². The highest BCUT2D eigenvalue weighted by atomic mass is 35.5. The van der Waals surface area contributed by atoms with Crippen molar-refractivity contribution >= 4 is 23.2 Å². The third-order valence-corrected chi connectivity index (χ3v) is 3.40. The van der Waals surface area contributed by atoms with Crippen molar-refractivity contribution < 1.29 is 4.79 Å². The van der Waals surface area contributed by atoms with E-state index in [-0.39, 0.29) is 11.9 Å². The van der Waals surface area contributed by atoms with E-state index in [2.05, 4.69) is 24.1 Å². The Balaban J connectivity index is 2.69. The lowest BCUT2D eigenvalue weighted by Crippen LogP contribution is -2.43. The zero-order chi connectivity index (χ0) is 14.6. The molecule has 1 aromatic rings. The summed E-state index contributed by atoms with van der Waals surface area (Å²) in [5.74, 6) is 0.291. The number of nitrogens with one attached hydrogen (secondary N) is 1. The number of hydrogen-bond donors (Lipinski definition) is 2. The number of nitrogen functional groups attached to an aromatic ring is 1. The highest BCUT2D eigenvalue weighted by Crippen LogP contribution is 2.18. The van der Waals surface area contributed by atoms with Gasteiger partial charge in [0.15, 0.2) is 0 Å². The summed E-state index contributed by atoms with van der Waals surface area (Å²) in [5, 5.41) is 3.45. The Morgan fingerprint density at radius 3 is 2.53 bits per heavy atom. The van der Waals surface area contributed by atoms with Crippen molar-refractivity contribution in [2.45, 2.75) is 19.9 Å². The molecule has 4 nitrogen and oxygen atoms in total. The number of carbonyl (C=O) groups excluding carboxylic acids is 1. The number of hydrogen-bond acceptors (Lipinski definition) is 3. The van der Waals surface area contributed by atoms with Crippen LogP contribution >= 0.6 is 11.6 Å². The van der Waals surface area contributed by atoms with Gasteiger partial charge in [0.2, 0.25) is 0 Å². The maximum Gasteiger partial charge on any atom is 0.253 e. The van der Waals surface area contributed by atoms with E-state index in [0.717, 1.165) is 0 Å². The van der Waals surface area contributed by atoms with Crippen LogP contribution in [0.5, 0.6) is 0 Å². The number of carbonyl (C=O) groups is 1. The van der Waals surface area contributed by atoms with Gasteiger partial charge in [-0.15, -0.1) is 0 Å². The van der Waals surface area contributed by atoms with Gasteiger partial charge in [0, 0.05) is 23.3 Å². The maximum atomic E-state index is 12.1. The zero-order valence-corrected chi connectivity index (χ0v) is 12.7. The molecule has 0 saturated heterocycles. The standard InChI is InChI=1S/C14H22ClN3O/c1-9(2)13(18(3)4)8-17-14(19)11-6-5-10(15)7-12(11)16/h5-7,9,13H,8,16H2,1-4H3,(H,17,19). The molecule has 1 atom stereocenters. The van der Waals surface area contributed by atoms with Crippen LogP contribution in [-0.2, 0) is 0 Å². The molecule has 106 valence electrons. The van der Waals surface area contributed by atoms with Crippen LogP contribution in [0.4, 0.5) is 5.69 Å². The summed E-state index contributed by atoms with van der Waals surface area (Å²) in [4.78, 5) is 14.2. The van der Waals surface area contributed by atoms with Crippen LogP contribution in [0, 0.1) is 5.92 Å². The highest BCUT2D eigenvalue weighted by Gasteiger charge is 2.17. The highest BCUT2D eigenvalue weighted by molar-refractivity contribution is 6.31. The second-order valence-electron chi connectivity index (χ2n) is 5.22. The fourth-order valence-electron chi connectivity index (χ4n) is 2.05. The third-order valence-electron chi connectivity index (χ3n) is 3.16. The van der Waals surface area contributed by atoms with E-state index in [9.17, 15) is 4.79 Å². The van der Waals surface area contributed by atoms with E-state index < -0.39 is 0 Å². The average Bonchev–Trinajstić information content (AvgIpc) is 2.27. The Morgan fingerprint density at radius 1 is 1.42 bits per heavy atom. The monoisotopic (exact) mass is 283 g/mol. The van der Waals surface area contributed by atoms with E-state index in [1.165, 1.54) is 0 Å². The molecule has 19 heavy (non-hydrogen) atoms. The van der Waals surface area contributed by atoms with E-state index in [4.69, 9.17) is 17.3 Å². The van der Waals surface area contributed by atoms with Crippen molar-refractivity contribution in [1.82, 2.24) is 10.2 Å². The summed E-state index contributed by atoms with van der Waals surface area (Å²) in [5.41, 5.74) is 6.66. The molecule has 0 bridgehead atoms. The molecule has 1 aromatic carbocycles. The van der Waals surface area contributed by atoms with Crippen LogP contribution in [0.2, 0.25) is 5.02 Å². The molecular weight excluding hydrogens is 262 g/mol. The Morgan fingerprint density at radius 2 is 2.05 bits per heavy atom. The molecule has 1 rings (SSSR count). The Labute approximate surface area is 119 Å². The first-order valence-electron chi connectivity index (χ1n) is 6.32. The van der Waals surface area contributed by atoms with Crippen LogP contribution in [-0.4, -0.2) is 37.5 Å². The summed E-state index contributed by atoms with van der Waals surface area (Å²) in [6, 6.07) is 5.19. The molecule has 0 aliphatic heterocycles. The van der Waals surface area contributed by atoms with Crippen molar-refractivity contribution in [2.24, 2.45) is 5.92 Å². The van der Waals surface area contributed by atoms with Crippen molar-refractivity contribution in [3.63, 3.8) is 0 Å². The van der Waals surface area contributed by atoms with Gasteiger partial charge >= 0.3 is 0 Å². The number of likely N-dealkylation sites (N-methyl/N-ethyl adjacent to an activating group) is 1. The predicted molar refractivity (Wildman–Crippen MR) is 80.5 cm³/mol. The Bertz CT molecular complexity index is 438. The van der Waals surface area contributed by atoms with Crippen molar-refractivity contribution in [1.29, 1.82) is 0 Å². The lowest BCUT2D eigenvalue weighted by molar-refractivity contribution is 0.0935. The molecule has 0 aromatic heterocycles. The molecule has 1 unspecified atom stereocenters. The summed E-state index contributed by atoms with van der Waals surface area (Å²) in [6.07, 6.45) is 0. The van der Waals surface area contributed by atoms with Crippen LogP contribution < -0.4 is 11.1 Å². The second kappa shape index (κ2) is 6.78. The molecule has 0 saturated carbocycles. The molecule has 0 aliphatic carbocycles. The summed E-state index contributed by atoms with van der Waals surface area (Å²) >= 11 is 5.81. The molecular formula is C14H22ClN3O. The van der Waals surface area contributed by atoms with E-state index in [1.807, 2.05) is 14.1 Å². The summed E-state index contributed by atoms with van der Waals surface area (Å²) < 4.78 is 0. The van der Waals surface area contributed by atoms with E-state index >= 15 is 0 Å². The Kier molecular flexibility index (Phi) is 5.63. The topological polar surface area (TPSA) is 58.4 Å². The first-order chi connectivity index (χ1) is 8.82. The van der Waals surface area contributed by atoms with Gasteiger partial charge in [0.25, 0.3) is 5.91 Å². The number of amides is 1. The van der Waals surface area contributed by atoms with Gasteiger partial charge in [-0.3, -0.25) is 4.79 Å². The number of nitrogens with two attached hydrogens (primary N) is 1. The summed E-state index contributed by atoms with van der Waals surface area (Å²) in [7, 11) is 4.01. The van der Waals surface area contributed by atoms with Gasteiger partial charge in [0.05, 0.1) is 5.56 Å². The van der Waals surface area contributed by atoms with Gasteiger partial charge in [-0.25, -0.2) is 0 Å². The molecule has 0 fully saturated rings. The predicted octanol–water partition coefficient (Wildman–Crippen LogP) is 2.24. The smallest absolute Gasteiger partial charge is 0.253 e. The number of anilines is 1. The normalized spacial score (nSPS) is 12.8. The third kappa shape index (κ3) is 4.40. The molecule has 0 heterocycles. The average molecular weight is 284 g/mol. The quantitative estimate of drug-likeness (QED) is 0.815. The number of nitrogens with zero attached hydrogens (tertiary/aromatic N) is 1. The van der Waals surface area contributed by atoms with Gasteiger partial charge in [-0.05, 0) is 38.2 Å². The minimum absolute atomic E-state index is 0.165. The first kappa shape index (κ1) is 15.8. The lowest BCUT2D eigenvalue weighted by atomic mass is 10.0. The molecule has 3 N–H and O–H groups in total. The number of benzene rings is 1. The minimum atomic E-state index is -0.165. The molecule has 0 aliphatic rings. The van der Waals surface area contributed by atoms with Crippen molar-refractivity contribution in [3.05, 3.63) is 28.8 Å². The van der Waals surface area contributed by atoms with Crippen LogP contribution in [0.1, 0.15) is 24.2 Å². The van der Waals surface area contributed by atoms with Gasteiger partial charge < -0.3 is 16.0 Å². The fourth-order valence-corrected chi connectivity index (χ4v) is 2.23. The van der Waals surface area contributed by atoms with Crippen molar-refractivity contribution in [2.75, 3.05) is 26.4 Å². The second-order valence-corrected chi connectivity index (χ2v) is 5.65. The SMILES string of the molecule is CC(C)C(CNC(=O)c1ccc(Cl)cc1N)N(C)C. The Hall–Kier alpha value is -1.26. The van der Waals surface area contributed by atoms with Gasteiger partial charge in [-0.1, -0.05) is 25.4 Å². The first-order valence-corrected chi connectivity index (χ1v) is 6.70. The largest absolute Gasteiger partial charge is 0.398 e. The van der Waals surface area contributed by atoms with Gasteiger partial charge in [0.1, 0.15) is 0 Å². The van der Waals surface area contributed by atoms with Crippen LogP contribution in [0.3, 0.4) is 0 Å².